The Kier molecular flexibility index (Phi) is 5.53. The van der Waals surface area contributed by atoms with E-state index >= 15 is 0 Å². The van der Waals surface area contributed by atoms with Gasteiger partial charge in [-0.2, -0.15) is 0 Å². The van der Waals surface area contributed by atoms with Gasteiger partial charge in [0.25, 0.3) is 0 Å². The van der Waals surface area contributed by atoms with Gasteiger partial charge in [-0.05, 0) is 30.0 Å². The van der Waals surface area contributed by atoms with Crippen molar-refractivity contribution >= 4 is 23.0 Å². The van der Waals surface area contributed by atoms with Crippen LogP contribution >= 0.6 is 0 Å². The van der Waals surface area contributed by atoms with Gasteiger partial charge < -0.3 is 20.2 Å². The zero-order chi connectivity index (χ0) is 18.4. The molecular formula is C20H20N2O4. The van der Waals surface area contributed by atoms with Crippen LogP contribution in [0.3, 0.4) is 0 Å². The minimum atomic E-state index is -1.04. The molecule has 6 heteroatoms. The first kappa shape index (κ1) is 17.5. The summed E-state index contributed by atoms with van der Waals surface area (Å²) in [5.74, 6) is -0.604. The van der Waals surface area contributed by atoms with Gasteiger partial charge in [0.05, 0.1) is 0 Å². The van der Waals surface area contributed by atoms with E-state index in [4.69, 9.17) is 15.2 Å². The number of nitrogens with one attached hydrogen (secondary N) is 1. The van der Waals surface area contributed by atoms with E-state index in [0.29, 0.717) is 12.8 Å². The van der Waals surface area contributed by atoms with Crippen LogP contribution in [0.5, 0.6) is 0 Å². The second kappa shape index (κ2) is 8.20. The number of amides is 1. The number of aromatic nitrogens is 1. The van der Waals surface area contributed by atoms with Gasteiger partial charge in [0, 0.05) is 17.1 Å². The molecule has 1 aromatic heterocycles. The normalized spacial score (nSPS) is 11.8. The minimum Gasteiger partial charge on any atom is -0.458 e. The van der Waals surface area contributed by atoms with Gasteiger partial charge in [-0.3, -0.25) is 0 Å². The van der Waals surface area contributed by atoms with Crippen molar-refractivity contribution in [3.05, 3.63) is 71.9 Å². The topological polar surface area (TPSA) is 94.4 Å². The van der Waals surface area contributed by atoms with Gasteiger partial charge in [0.15, 0.2) is 0 Å². The maximum absolute atomic E-state index is 12.3. The van der Waals surface area contributed by atoms with Crippen LogP contribution in [0.1, 0.15) is 17.5 Å². The van der Waals surface area contributed by atoms with Gasteiger partial charge in [-0.15, -0.1) is 0 Å². The number of aromatic amines is 1. The van der Waals surface area contributed by atoms with Gasteiger partial charge >= 0.3 is 12.1 Å². The van der Waals surface area contributed by atoms with Crippen molar-refractivity contribution in [1.82, 2.24) is 4.98 Å². The Morgan fingerprint density at radius 1 is 1.04 bits per heavy atom. The van der Waals surface area contributed by atoms with Crippen LogP contribution in [0, 0.1) is 0 Å². The Morgan fingerprint density at radius 3 is 2.54 bits per heavy atom. The van der Waals surface area contributed by atoms with Crippen LogP contribution in [-0.4, -0.2) is 23.2 Å². The SMILES string of the molecule is NC(=O)OC(CCc1c[nH]c2ccccc12)C(=O)OCc1ccccc1. The number of hydrogen-bond donors (Lipinski definition) is 2. The van der Waals surface area contributed by atoms with E-state index in [9.17, 15) is 9.59 Å². The van der Waals surface area contributed by atoms with Crippen LogP contribution in [0.2, 0.25) is 0 Å². The van der Waals surface area contributed by atoms with Crippen molar-refractivity contribution in [2.45, 2.75) is 25.6 Å². The van der Waals surface area contributed by atoms with E-state index in [-0.39, 0.29) is 6.61 Å². The maximum Gasteiger partial charge on any atom is 0.405 e. The van der Waals surface area contributed by atoms with Crippen LogP contribution in [0.25, 0.3) is 10.9 Å². The number of hydrogen-bond acceptors (Lipinski definition) is 4. The highest BCUT2D eigenvalue weighted by atomic mass is 16.6. The summed E-state index contributed by atoms with van der Waals surface area (Å²) >= 11 is 0. The van der Waals surface area contributed by atoms with E-state index in [1.165, 1.54) is 0 Å². The lowest BCUT2D eigenvalue weighted by Gasteiger charge is -2.15. The summed E-state index contributed by atoms with van der Waals surface area (Å²) < 4.78 is 10.2. The number of benzene rings is 2. The average Bonchev–Trinajstić information content (AvgIpc) is 3.07. The van der Waals surface area contributed by atoms with E-state index in [0.717, 1.165) is 22.0 Å². The fourth-order valence-corrected chi connectivity index (χ4v) is 2.81. The molecule has 2 aromatic carbocycles. The zero-order valence-corrected chi connectivity index (χ0v) is 14.2. The summed E-state index contributed by atoms with van der Waals surface area (Å²) in [5, 5.41) is 1.07. The summed E-state index contributed by atoms with van der Waals surface area (Å²) in [7, 11) is 0. The number of ether oxygens (including phenoxy) is 2. The average molecular weight is 352 g/mol. The predicted molar refractivity (Wildman–Crippen MR) is 97.3 cm³/mol. The number of primary amides is 1. The van der Waals surface area contributed by atoms with Crippen LogP contribution in [0.15, 0.2) is 60.8 Å². The molecule has 0 aliphatic heterocycles. The molecule has 1 amide bonds. The fourth-order valence-electron chi connectivity index (χ4n) is 2.81. The number of esters is 1. The molecule has 0 saturated heterocycles. The first-order valence-corrected chi connectivity index (χ1v) is 8.35. The Labute approximate surface area is 150 Å². The molecule has 0 saturated carbocycles. The van der Waals surface area contributed by atoms with Gasteiger partial charge in [-0.25, -0.2) is 9.59 Å². The van der Waals surface area contributed by atoms with Crippen LogP contribution < -0.4 is 5.73 Å². The number of H-pyrrole nitrogens is 1. The van der Waals surface area contributed by atoms with E-state index < -0.39 is 18.2 Å². The summed E-state index contributed by atoms with van der Waals surface area (Å²) in [6.07, 6.45) is 0.692. The first-order valence-electron chi connectivity index (χ1n) is 8.35. The Balaban J connectivity index is 1.63. The van der Waals surface area contributed by atoms with Crippen LogP contribution in [0.4, 0.5) is 4.79 Å². The fraction of sp³-hybridized carbons (Fsp3) is 0.200. The third kappa shape index (κ3) is 4.42. The van der Waals surface area contributed by atoms with Crippen molar-refractivity contribution < 1.29 is 19.1 Å². The van der Waals surface area contributed by atoms with Crippen molar-refractivity contribution in [3.63, 3.8) is 0 Å². The minimum absolute atomic E-state index is 0.116. The van der Waals surface area contributed by atoms with Crippen molar-refractivity contribution in [1.29, 1.82) is 0 Å². The highest BCUT2D eigenvalue weighted by Gasteiger charge is 2.24. The molecule has 0 aliphatic rings. The van der Waals surface area contributed by atoms with Crippen molar-refractivity contribution in [2.24, 2.45) is 5.73 Å². The molecule has 3 rings (SSSR count). The lowest BCUT2D eigenvalue weighted by molar-refractivity contribution is -0.155. The molecule has 1 unspecified atom stereocenters. The lowest BCUT2D eigenvalue weighted by Crippen LogP contribution is -2.32. The number of para-hydroxylation sites is 1. The molecule has 1 atom stereocenters. The van der Waals surface area contributed by atoms with Gasteiger partial charge in [0.1, 0.15) is 6.61 Å². The number of nitrogens with two attached hydrogens (primary N) is 1. The van der Waals surface area contributed by atoms with E-state index in [1.807, 2.05) is 60.8 Å². The molecule has 0 fully saturated rings. The molecule has 1 heterocycles. The Morgan fingerprint density at radius 2 is 1.77 bits per heavy atom. The Hall–Kier alpha value is -3.28. The number of carbonyl (C=O) groups excluding carboxylic acids is 2. The summed E-state index contributed by atoms with van der Waals surface area (Å²) in [4.78, 5) is 26.6. The maximum atomic E-state index is 12.3. The van der Waals surface area contributed by atoms with Crippen molar-refractivity contribution in [3.8, 4) is 0 Å². The smallest absolute Gasteiger partial charge is 0.405 e. The lowest BCUT2D eigenvalue weighted by atomic mass is 10.1. The molecule has 134 valence electrons. The number of fused-ring (bicyclic) bond motifs is 1. The molecule has 0 bridgehead atoms. The zero-order valence-electron chi connectivity index (χ0n) is 14.2. The molecule has 3 aromatic rings. The highest BCUT2D eigenvalue weighted by molar-refractivity contribution is 5.83. The summed E-state index contributed by atoms with van der Waals surface area (Å²) in [6, 6.07) is 17.2. The largest absolute Gasteiger partial charge is 0.458 e. The quantitative estimate of drug-likeness (QED) is 0.638. The monoisotopic (exact) mass is 352 g/mol. The third-order valence-electron chi connectivity index (χ3n) is 4.10. The standard InChI is InChI=1S/C20H20N2O4/c21-20(24)26-18(19(23)25-13-14-6-2-1-3-7-14)11-10-15-12-22-17-9-5-4-8-16(15)17/h1-9,12,18,22H,10-11,13H2,(H2,21,24). The first-order chi connectivity index (χ1) is 12.6. The molecule has 0 radical (unpaired) electrons. The number of aryl methyl sites for hydroxylation is 1. The second-order valence-corrected chi connectivity index (χ2v) is 5.92. The second-order valence-electron chi connectivity index (χ2n) is 5.92. The molecule has 0 aliphatic carbocycles. The molecule has 3 N–H and O–H groups in total. The van der Waals surface area contributed by atoms with E-state index in [2.05, 4.69) is 4.98 Å². The number of carbonyl (C=O) groups is 2. The molecule has 0 spiro atoms. The summed E-state index contributed by atoms with van der Waals surface area (Å²) in [6.45, 7) is 0.116. The van der Waals surface area contributed by atoms with Crippen molar-refractivity contribution in [2.75, 3.05) is 0 Å². The van der Waals surface area contributed by atoms with Gasteiger partial charge in [-0.1, -0.05) is 48.5 Å². The molecule has 26 heavy (non-hydrogen) atoms. The predicted octanol–water partition coefficient (Wildman–Crippen LogP) is 3.31. The molecule has 6 nitrogen and oxygen atoms in total. The highest BCUT2D eigenvalue weighted by Crippen LogP contribution is 2.20. The summed E-state index contributed by atoms with van der Waals surface area (Å²) in [5.41, 5.74) is 8.01. The number of rotatable bonds is 7. The van der Waals surface area contributed by atoms with Gasteiger partial charge in [0.2, 0.25) is 6.10 Å². The Bertz CT molecular complexity index is 889. The van der Waals surface area contributed by atoms with E-state index in [1.54, 1.807) is 0 Å². The van der Waals surface area contributed by atoms with Crippen LogP contribution in [-0.2, 0) is 27.3 Å². The third-order valence-corrected chi connectivity index (χ3v) is 4.10. The molecular weight excluding hydrogens is 332 g/mol.